The SMILES string of the molecule is O=C(c1ccco1)N1CC[C@@H](Oc2ncc(Cl)cn2)C1. The summed E-state index contributed by atoms with van der Waals surface area (Å²) in [5, 5.41) is 0.457. The van der Waals surface area contributed by atoms with Crippen molar-refractivity contribution in [1.29, 1.82) is 0 Å². The topological polar surface area (TPSA) is 68.5 Å². The van der Waals surface area contributed by atoms with Crippen molar-refractivity contribution in [2.24, 2.45) is 0 Å². The summed E-state index contributed by atoms with van der Waals surface area (Å²) in [7, 11) is 0. The molecule has 0 unspecified atom stereocenters. The minimum absolute atomic E-state index is 0.116. The molecule has 2 aromatic rings. The number of aromatic nitrogens is 2. The minimum Gasteiger partial charge on any atom is -0.459 e. The lowest BCUT2D eigenvalue weighted by molar-refractivity contribution is 0.0738. The number of hydrogen-bond donors (Lipinski definition) is 0. The van der Waals surface area contributed by atoms with E-state index in [0.717, 1.165) is 6.42 Å². The third-order valence-corrected chi connectivity index (χ3v) is 3.23. The average molecular weight is 294 g/mol. The first-order valence-electron chi connectivity index (χ1n) is 6.19. The lowest BCUT2D eigenvalue weighted by Gasteiger charge is -2.15. The highest BCUT2D eigenvalue weighted by Crippen LogP contribution is 2.18. The average Bonchev–Trinajstić information content (AvgIpc) is 3.12. The van der Waals surface area contributed by atoms with E-state index < -0.39 is 0 Å². The molecule has 2 aromatic heterocycles. The molecule has 0 spiro atoms. The number of carbonyl (C=O) groups excluding carboxylic acids is 1. The van der Waals surface area contributed by atoms with Gasteiger partial charge in [-0.15, -0.1) is 0 Å². The first-order chi connectivity index (χ1) is 9.72. The quantitative estimate of drug-likeness (QED) is 0.866. The van der Waals surface area contributed by atoms with Crippen LogP contribution in [-0.4, -0.2) is 40.0 Å². The van der Waals surface area contributed by atoms with Gasteiger partial charge in [-0.1, -0.05) is 11.6 Å². The molecule has 6 nitrogen and oxygen atoms in total. The van der Waals surface area contributed by atoms with Gasteiger partial charge < -0.3 is 14.1 Å². The molecular formula is C13H12ClN3O3. The Hall–Kier alpha value is -2.08. The second-order valence-corrected chi connectivity index (χ2v) is 4.88. The molecular weight excluding hydrogens is 282 g/mol. The van der Waals surface area contributed by atoms with Crippen molar-refractivity contribution in [3.63, 3.8) is 0 Å². The first kappa shape index (κ1) is 12.9. The fraction of sp³-hybridized carbons (Fsp3) is 0.308. The molecule has 1 atom stereocenters. The van der Waals surface area contributed by atoms with Gasteiger partial charge in [-0.25, -0.2) is 9.97 Å². The van der Waals surface area contributed by atoms with Crippen LogP contribution in [0.25, 0.3) is 0 Å². The van der Waals surface area contributed by atoms with E-state index in [2.05, 4.69) is 9.97 Å². The number of likely N-dealkylation sites (tertiary alicyclic amines) is 1. The summed E-state index contributed by atoms with van der Waals surface area (Å²) in [6, 6.07) is 3.61. The third kappa shape index (κ3) is 2.75. The zero-order chi connectivity index (χ0) is 13.9. The first-order valence-corrected chi connectivity index (χ1v) is 6.57. The van der Waals surface area contributed by atoms with Gasteiger partial charge in [-0.05, 0) is 12.1 Å². The lowest BCUT2D eigenvalue weighted by atomic mass is 10.3. The Kier molecular flexibility index (Phi) is 3.56. The summed E-state index contributed by atoms with van der Waals surface area (Å²) < 4.78 is 10.7. The van der Waals surface area contributed by atoms with E-state index in [-0.39, 0.29) is 18.0 Å². The summed E-state index contributed by atoms with van der Waals surface area (Å²) >= 11 is 5.71. The molecule has 0 N–H and O–H groups in total. The largest absolute Gasteiger partial charge is 0.459 e. The highest BCUT2D eigenvalue weighted by molar-refractivity contribution is 6.30. The number of ether oxygens (including phenoxy) is 1. The van der Waals surface area contributed by atoms with Crippen LogP contribution in [0.5, 0.6) is 6.01 Å². The van der Waals surface area contributed by atoms with Crippen LogP contribution in [0, 0.1) is 0 Å². The van der Waals surface area contributed by atoms with Gasteiger partial charge >= 0.3 is 6.01 Å². The maximum Gasteiger partial charge on any atom is 0.316 e. The maximum atomic E-state index is 12.1. The molecule has 0 saturated carbocycles. The Morgan fingerprint density at radius 3 is 2.95 bits per heavy atom. The van der Waals surface area contributed by atoms with Crippen molar-refractivity contribution >= 4 is 17.5 Å². The monoisotopic (exact) mass is 293 g/mol. The van der Waals surface area contributed by atoms with Crippen molar-refractivity contribution in [2.45, 2.75) is 12.5 Å². The van der Waals surface area contributed by atoms with Crippen LogP contribution in [0.2, 0.25) is 5.02 Å². The van der Waals surface area contributed by atoms with Gasteiger partial charge in [0.05, 0.1) is 30.2 Å². The van der Waals surface area contributed by atoms with E-state index in [1.807, 2.05) is 0 Å². The van der Waals surface area contributed by atoms with E-state index >= 15 is 0 Å². The second kappa shape index (κ2) is 5.50. The zero-order valence-electron chi connectivity index (χ0n) is 10.5. The molecule has 0 aromatic carbocycles. The lowest BCUT2D eigenvalue weighted by Crippen LogP contribution is -2.30. The van der Waals surface area contributed by atoms with Gasteiger partial charge in [-0.3, -0.25) is 4.79 Å². The molecule has 0 radical (unpaired) electrons. The minimum atomic E-state index is -0.127. The van der Waals surface area contributed by atoms with Crippen LogP contribution >= 0.6 is 11.6 Å². The van der Waals surface area contributed by atoms with Gasteiger partial charge in [0.15, 0.2) is 5.76 Å². The number of carbonyl (C=O) groups is 1. The Labute approximate surface area is 120 Å². The Morgan fingerprint density at radius 1 is 1.45 bits per heavy atom. The summed E-state index contributed by atoms with van der Waals surface area (Å²) in [5.74, 6) is 0.214. The van der Waals surface area contributed by atoms with E-state index in [0.29, 0.717) is 23.9 Å². The van der Waals surface area contributed by atoms with Crippen LogP contribution in [0.1, 0.15) is 17.0 Å². The highest BCUT2D eigenvalue weighted by Gasteiger charge is 2.29. The fourth-order valence-electron chi connectivity index (χ4n) is 2.08. The maximum absolute atomic E-state index is 12.1. The summed E-state index contributed by atoms with van der Waals surface area (Å²) in [6.07, 6.45) is 5.06. The zero-order valence-corrected chi connectivity index (χ0v) is 11.3. The Morgan fingerprint density at radius 2 is 2.25 bits per heavy atom. The molecule has 0 bridgehead atoms. The van der Waals surface area contributed by atoms with Crippen molar-refractivity contribution in [3.8, 4) is 6.01 Å². The van der Waals surface area contributed by atoms with E-state index in [1.165, 1.54) is 18.7 Å². The summed E-state index contributed by atoms with van der Waals surface area (Å²) in [5.41, 5.74) is 0. The molecule has 1 aliphatic heterocycles. The molecule has 0 aliphatic carbocycles. The van der Waals surface area contributed by atoms with Crippen LogP contribution in [0.15, 0.2) is 35.2 Å². The predicted molar refractivity (Wildman–Crippen MR) is 70.7 cm³/mol. The van der Waals surface area contributed by atoms with Gasteiger partial charge in [0.2, 0.25) is 0 Å². The normalized spacial score (nSPS) is 18.2. The molecule has 1 fully saturated rings. The molecule has 20 heavy (non-hydrogen) atoms. The third-order valence-electron chi connectivity index (χ3n) is 3.03. The smallest absolute Gasteiger partial charge is 0.316 e. The molecule has 7 heteroatoms. The fourth-order valence-corrected chi connectivity index (χ4v) is 2.17. The molecule has 104 valence electrons. The van der Waals surface area contributed by atoms with Gasteiger partial charge in [-0.2, -0.15) is 0 Å². The summed E-state index contributed by atoms with van der Waals surface area (Å²) in [6.45, 7) is 1.11. The standard InChI is InChI=1S/C13H12ClN3O3/c14-9-6-15-13(16-7-9)20-10-3-4-17(8-10)12(18)11-2-1-5-19-11/h1-2,5-7,10H,3-4,8H2/t10-/m1/s1. The number of rotatable bonds is 3. The second-order valence-electron chi connectivity index (χ2n) is 4.44. The van der Waals surface area contributed by atoms with Crippen molar-refractivity contribution < 1.29 is 13.9 Å². The van der Waals surface area contributed by atoms with Crippen LogP contribution < -0.4 is 4.74 Å². The molecule has 3 heterocycles. The number of amides is 1. The number of halogens is 1. The summed E-state index contributed by atoms with van der Waals surface area (Å²) in [4.78, 5) is 21.7. The van der Waals surface area contributed by atoms with Gasteiger partial charge in [0, 0.05) is 13.0 Å². The van der Waals surface area contributed by atoms with E-state index in [4.69, 9.17) is 20.8 Å². The van der Waals surface area contributed by atoms with E-state index in [9.17, 15) is 4.79 Å². The van der Waals surface area contributed by atoms with Crippen molar-refractivity contribution in [1.82, 2.24) is 14.9 Å². The van der Waals surface area contributed by atoms with E-state index in [1.54, 1.807) is 17.0 Å². The highest BCUT2D eigenvalue weighted by atomic mass is 35.5. The Balaban J connectivity index is 1.59. The Bertz CT molecular complexity index is 585. The molecule has 1 saturated heterocycles. The number of furan rings is 1. The molecule has 1 amide bonds. The van der Waals surface area contributed by atoms with Gasteiger partial charge in [0.25, 0.3) is 5.91 Å². The van der Waals surface area contributed by atoms with Crippen LogP contribution in [0.3, 0.4) is 0 Å². The van der Waals surface area contributed by atoms with Crippen LogP contribution in [0.4, 0.5) is 0 Å². The van der Waals surface area contributed by atoms with Crippen LogP contribution in [-0.2, 0) is 0 Å². The van der Waals surface area contributed by atoms with Gasteiger partial charge in [0.1, 0.15) is 6.10 Å². The van der Waals surface area contributed by atoms with Crippen molar-refractivity contribution in [3.05, 3.63) is 41.6 Å². The number of nitrogens with zero attached hydrogens (tertiary/aromatic N) is 3. The predicted octanol–water partition coefficient (Wildman–Crippen LogP) is 2.02. The molecule has 3 rings (SSSR count). The molecule has 1 aliphatic rings. The number of hydrogen-bond acceptors (Lipinski definition) is 5. The van der Waals surface area contributed by atoms with Crippen molar-refractivity contribution in [2.75, 3.05) is 13.1 Å².